The summed E-state index contributed by atoms with van der Waals surface area (Å²) < 4.78 is 28.4. The molecule has 0 saturated carbocycles. The summed E-state index contributed by atoms with van der Waals surface area (Å²) in [5, 5.41) is 3.16. The van der Waals surface area contributed by atoms with Crippen molar-refractivity contribution >= 4 is 27.3 Å². The molecule has 1 atom stereocenters. The highest BCUT2D eigenvalue weighted by molar-refractivity contribution is 7.91. The molecule has 1 amide bonds. The Labute approximate surface area is 129 Å². The van der Waals surface area contributed by atoms with Crippen molar-refractivity contribution in [1.82, 2.24) is 5.32 Å². The van der Waals surface area contributed by atoms with Crippen molar-refractivity contribution < 1.29 is 17.9 Å². The number of hydrogen-bond acceptors (Lipinski definition) is 4. The van der Waals surface area contributed by atoms with Gasteiger partial charge in [-0.1, -0.05) is 11.6 Å². The first kappa shape index (κ1) is 16.1. The molecule has 0 aromatic heterocycles. The van der Waals surface area contributed by atoms with Gasteiger partial charge in [-0.15, -0.1) is 0 Å². The van der Waals surface area contributed by atoms with Gasteiger partial charge >= 0.3 is 0 Å². The van der Waals surface area contributed by atoms with E-state index in [9.17, 15) is 13.2 Å². The lowest BCUT2D eigenvalue weighted by Crippen LogP contribution is -2.35. The maximum Gasteiger partial charge on any atom is 0.255 e. The molecule has 1 aliphatic heterocycles. The maximum atomic E-state index is 12.3. The molecule has 0 aliphatic carbocycles. The first-order chi connectivity index (χ1) is 9.77. The number of amides is 1. The van der Waals surface area contributed by atoms with Gasteiger partial charge in [0.15, 0.2) is 9.84 Å². The zero-order chi connectivity index (χ0) is 15.6. The van der Waals surface area contributed by atoms with Crippen LogP contribution in [0.3, 0.4) is 0 Å². The Morgan fingerprint density at radius 2 is 2.14 bits per heavy atom. The average Bonchev–Trinajstić information content (AvgIpc) is 2.70. The summed E-state index contributed by atoms with van der Waals surface area (Å²) in [5.41, 5.74) is 0.320. The van der Waals surface area contributed by atoms with E-state index in [0.717, 1.165) is 0 Å². The zero-order valence-electron chi connectivity index (χ0n) is 11.9. The van der Waals surface area contributed by atoms with Crippen LogP contribution in [-0.4, -0.2) is 38.0 Å². The quantitative estimate of drug-likeness (QED) is 0.916. The summed E-state index contributed by atoms with van der Waals surface area (Å²) >= 11 is 5.93. The minimum absolute atomic E-state index is 0.0142. The van der Waals surface area contributed by atoms with E-state index in [1.807, 2.05) is 13.8 Å². The van der Waals surface area contributed by atoms with Crippen molar-refractivity contribution in [2.24, 2.45) is 0 Å². The summed E-state index contributed by atoms with van der Waals surface area (Å²) in [7, 11) is -3.03. The molecule has 1 fully saturated rings. The van der Waals surface area contributed by atoms with Crippen LogP contribution < -0.4 is 10.1 Å². The van der Waals surface area contributed by atoms with Crippen LogP contribution >= 0.6 is 11.6 Å². The second kappa shape index (κ2) is 6.23. The van der Waals surface area contributed by atoms with E-state index in [0.29, 0.717) is 22.8 Å². The zero-order valence-corrected chi connectivity index (χ0v) is 13.5. The monoisotopic (exact) mass is 331 g/mol. The van der Waals surface area contributed by atoms with Crippen molar-refractivity contribution in [2.45, 2.75) is 32.4 Å². The predicted octanol–water partition coefficient (Wildman–Crippen LogP) is 2.04. The number of carbonyl (C=O) groups is 1. The topological polar surface area (TPSA) is 72.5 Å². The first-order valence-electron chi connectivity index (χ1n) is 6.74. The lowest BCUT2D eigenvalue weighted by atomic mass is 10.1. The summed E-state index contributed by atoms with van der Waals surface area (Å²) in [4.78, 5) is 12.3. The van der Waals surface area contributed by atoms with Crippen molar-refractivity contribution in [3.63, 3.8) is 0 Å². The summed E-state index contributed by atoms with van der Waals surface area (Å²) in [6.45, 7) is 3.72. The highest BCUT2D eigenvalue weighted by atomic mass is 35.5. The molecule has 1 aromatic carbocycles. The number of nitrogens with one attached hydrogen (secondary N) is 1. The largest absolute Gasteiger partial charge is 0.490 e. The third kappa shape index (κ3) is 4.35. The van der Waals surface area contributed by atoms with Crippen molar-refractivity contribution in [2.75, 3.05) is 11.5 Å². The number of carbonyl (C=O) groups excluding carboxylic acids is 1. The number of halogens is 1. The summed E-state index contributed by atoms with van der Waals surface area (Å²) in [5.74, 6) is 0.172. The van der Waals surface area contributed by atoms with E-state index >= 15 is 0 Å². The standard InChI is InChI=1S/C14H18ClNO4S/c1-9(2)20-13-4-3-10(15)7-12(13)14(17)16-11-5-6-21(18,19)8-11/h3-4,7,9,11H,5-6,8H2,1-2H3,(H,16,17). The van der Waals surface area contributed by atoms with Gasteiger partial charge in [0.1, 0.15) is 5.75 Å². The van der Waals surface area contributed by atoms with E-state index in [1.165, 1.54) is 6.07 Å². The fourth-order valence-corrected chi connectivity index (χ4v) is 4.05. The van der Waals surface area contributed by atoms with Crippen LogP contribution in [0.25, 0.3) is 0 Å². The maximum absolute atomic E-state index is 12.3. The molecule has 5 nitrogen and oxygen atoms in total. The lowest BCUT2D eigenvalue weighted by Gasteiger charge is -2.16. The van der Waals surface area contributed by atoms with Crippen molar-refractivity contribution in [3.05, 3.63) is 28.8 Å². The van der Waals surface area contributed by atoms with E-state index in [2.05, 4.69) is 5.32 Å². The predicted molar refractivity (Wildman–Crippen MR) is 81.7 cm³/mol. The molecule has 1 N–H and O–H groups in total. The van der Waals surface area contributed by atoms with Gasteiger partial charge < -0.3 is 10.1 Å². The smallest absolute Gasteiger partial charge is 0.255 e. The van der Waals surface area contributed by atoms with E-state index in [4.69, 9.17) is 16.3 Å². The Balaban J connectivity index is 2.16. The van der Waals surface area contributed by atoms with Crippen LogP contribution in [0.5, 0.6) is 5.75 Å². The second-order valence-electron chi connectivity index (χ2n) is 5.38. The van der Waals surface area contributed by atoms with E-state index in [1.54, 1.807) is 12.1 Å². The third-order valence-corrected chi connectivity index (χ3v) is 5.12. The van der Waals surface area contributed by atoms with Gasteiger partial charge in [0, 0.05) is 11.1 Å². The molecule has 7 heteroatoms. The Morgan fingerprint density at radius 3 is 2.71 bits per heavy atom. The van der Waals surface area contributed by atoms with Crippen molar-refractivity contribution in [3.8, 4) is 5.75 Å². The van der Waals surface area contributed by atoms with Crippen LogP contribution in [0.1, 0.15) is 30.6 Å². The van der Waals surface area contributed by atoms with Gasteiger partial charge in [-0.05, 0) is 38.5 Å². The van der Waals surface area contributed by atoms with Gasteiger partial charge in [-0.25, -0.2) is 8.42 Å². The molecule has 116 valence electrons. The minimum Gasteiger partial charge on any atom is -0.490 e. The van der Waals surface area contributed by atoms with Crippen LogP contribution in [0.2, 0.25) is 5.02 Å². The number of sulfone groups is 1. The SMILES string of the molecule is CC(C)Oc1ccc(Cl)cc1C(=O)NC1CCS(=O)(=O)C1. The van der Waals surface area contributed by atoms with Gasteiger partial charge in [0.25, 0.3) is 5.91 Å². The normalized spacial score (nSPS) is 20.5. The van der Waals surface area contributed by atoms with E-state index < -0.39 is 9.84 Å². The van der Waals surface area contributed by atoms with Gasteiger partial charge in [-0.3, -0.25) is 4.79 Å². The molecule has 1 aromatic rings. The summed E-state index contributed by atoms with van der Waals surface area (Å²) in [6.07, 6.45) is 0.360. The first-order valence-corrected chi connectivity index (χ1v) is 8.94. The molecular weight excluding hydrogens is 314 g/mol. The summed E-state index contributed by atoms with van der Waals surface area (Å²) in [6, 6.07) is 4.46. The van der Waals surface area contributed by atoms with Gasteiger partial charge in [0.2, 0.25) is 0 Å². The fourth-order valence-electron chi connectivity index (χ4n) is 2.21. The molecule has 1 aliphatic rings. The van der Waals surface area contributed by atoms with E-state index in [-0.39, 0.29) is 29.6 Å². The molecule has 0 radical (unpaired) electrons. The molecule has 1 heterocycles. The average molecular weight is 332 g/mol. The highest BCUT2D eigenvalue weighted by Crippen LogP contribution is 2.24. The fraction of sp³-hybridized carbons (Fsp3) is 0.500. The molecule has 0 bridgehead atoms. The molecule has 1 unspecified atom stereocenters. The van der Waals surface area contributed by atoms with Gasteiger partial charge in [-0.2, -0.15) is 0 Å². The lowest BCUT2D eigenvalue weighted by molar-refractivity contribution is 0.0935. The highest BCUT2D eigenvalue weighted by Gasteiger charge is 2.29. The molecular formula is C14H18ClNO4S. The Morgan fingerprint density at radius 1 is 1.43 bits per heavy atom. The molecule has 21 heavy (non-hydrogen) atoms. The second-order valence-corrected chi connectivity index (χ2v) is 8.05. The minimum atomic E-state index is -3.03. The van der Waals surface area contributed by atoms with Crippen molar-refractivity contribution in [1.29, 1.82) is 0 Å². The van der Waals surface area contributed by atoms with Crippen LogP contribution in [0.15, 0.2) is 18.2 Å². The number of hydrogen-bond donors (Lipinski definition) is 1. The van der Waals surface area contributed by atoms with Gasteiger partial charge in [0.05, 0.1) is 23.2 Å². The van der Waals surface area contributed by atoms with Crippen LogP contribution in [0.4, 0.5) is 0 Å². The molecule has 0 spiro atoms. The third-order valence-electron chi connectivity index (χ3n) is 3.12. The Hall–Kier alpha value is -1.27. The Kier molecular flexibility index (Phi) is 4.78. The number of ether oxygens (including phenoxy) is 1. The molecule has 1 saturated heterocycles. The molecule has 2 rings (SSSR count). The van der Waals surface area contributed by atoms with Crippen LogP contribution in [-0.2, 0) is 9.84 Å². The van der Waals surface area contributed by atoms with Crippen LogP contribution in [0, 0.1) is 0 Å². The number of benzene rings is 1. The Bertz CT molecular complexity index is 642. The number of rotatable bonds is 4.